The van der Waals surface area contributed by atoms with E-state index in [2.05, 4.69) is 53.3 Å². The molecule has 0 aromatic heterocycles. The van der Waals surface area contributed by atoms with Crippen LogP contribution in [0.1, 0.15) is 112 Å². The van der Waals surface area contributed by atoms with Gasteiger partial charge in [0.15, 0.2) is 0 Å². The monoisotopic (exact) mass is 472 g/mol. The van der Waals surface area contributed by atoms with Crippen LogP contribution in [0.4, 0.5) is 0 Å². The van der Waals surface area contributed by atoms with Crippen LogP contribution in [-0.4, -0.2) is 34.6 Å². The molecule has 0 aliphatic heterocycles. The average molecular weight is 473 g/mol. The van der Waals surface area contributed by atoms with E-state index in [9.17, 15) is 10.2 Å². The SMILES string of the molecule is C=C1/C(=C\C=C2/CCCC3(C)C2CCC3[C@@H](C)OCCCC(O)(CC)CC)CC[C@@H](CC)C1O. The lowest BCUT2D eigenvalue weighted by atomic mass is 9.62. The third-order valence-electron chi connectivity index (χ3n) is 10.1. The first kappa shape index (κ1) is 27.7. The number of aliphatic hydroxyl groups is 2. The van der Waals surface area contributed by atoms with Crippen LogP contribution in [0.3, 0.4) is 0 Å². The van der Waals surface area contributed by atoms with Crippen LogP contribution in [0.5, 0.6) is 0 Å². The molecule has 2 N–H and O–H groups in total. The zero-order valence-corrected chi connectivity index (χ0v) is 22.7. The fraction of sp³-hybridized carbons (Fsp3) is 0.806. The number of ether oxygens (including phenoxy) is 1. The zero-order chi connectivity index (χ0) is 24.9. The highest BCUT2D eigenvalue weighted by Crippen LogP contribution is 2.58. The molecule has 3 aliphatic rings. The highest BCUT2D eigenvalue weighted by atomic mass is 16.5. The predicted molar refractivity (Wildman–Crippen MR) is 143 cm³/mol. The standard InChI is InChI=1S/C31H52O3/c1-7-24-13-14-25(22(4)29(24)32)15-16-26-12-10-19-30(6)27(17-18-28(26)30)23(5)34-21-11-20-31(33,8-2)9-3/h15-16,23-24,27-29,32-33H,4,7-14,17-21H2,1-3,5-6H3/b25-15-,26-16+/t23-,24-,27?,28?,29?,30?/m1/s1. The Hall–Kier alpha value is -0.900. The largest absolute Gasteiger partial charge is 0.390 e. The van der Waals surface area contributed by atoms with Crippen molar-refractivity contribution in [3.05, 3.63) is 35.5 Å². The summed E-state index contributed by atoms with van der Waals surface area (Å²) in [6, 6.07) is 0. The van der Waals surface area contributed by atoms with Crippen molar-refractivity contribution >= 4 is 0 Å². The first-order chi connectivity index (χ1) is 16.2. The molecule has 0 aromatic carbocycles. The van der Waals surface area contributed by atoms with Crippen LogP contribution in [0, 0.1) is 23.2 Å². The minimum Gasteiger partial charge on any atom is -0.390 e. The molecule has 0 spiro atoms. The molecule has 3 rings (SSSR count). The zero-order valence-electron chi connectivity index (χ0n) is 22.7. The first-order valence-corrected chi connectivity index (χ1v) is 14.3. The molecule has 194 valence electrons. The van der Waals surface area contributed by atoms with Crippen LogP contribution in [0.2, 0.25) is 0 Å². The van der Waals surface area contributed by atoms with Gasteiger partial charge in [0.25, 0.3) is 0 Å². The summed E-state index contributed by atoms with van der Waals surface area (Å²) in [5, 5.41) is 21.1. The molecule has 0 radical (unpaired) electrons. The Bertz CT molecular complexity index is 746. The minimum atomic E-state index is -0.522. The van der Waals surface area contributed by atoms with Crippen LogP contribution in [0.25, 0.3) is 0 Å². The van der Waals surface area contributed by atoms with Crippen LogP contribution >= 0.6 is 0 Å². The Morgan fingerprint density at radius 1 is 1.15 bits per heavy atom. The van der Waals surface area contributed by atoms with E-state index in [0.717, 1.165) is 57.1 Å². The summed E-state index contributed by atoms with van der Waals surface area (Å²) in [7, 11) is 0. The average Bonchev–Trinajstić information content (AvgIpc) is 3.20. The fourth-order valence-electron chi connectivity index (χ4n) is 7.40. The summed E-state index contributed by atoms with van der Waals surface area (Å²) in [6.45, 7) is 16.1. The van der Waals surface area contributed by atoms with Gasteiger partial charge >= 0.3 is 0 Å². The molecule has 0 bridgehead atoms. The first-order valence-electron chi connectivity index (χ1n) is 14.3. The van der Waals surface area contributed by atoms with Gasteiger partial charge in [-0.25, -0.2) is 0 Å². The molecule has 3 heteroatoms. The van der Waals surface area contributed by atoms with Crippen molar-refractivity contribution in [3.63, 3.8) is 0 Å². The molecule has 4 unspecified atom stereocenters. The molecule has 0 amide bonds. The quantitative estimate of drug-likeness (QED) is 0.323. The van der Waals surface area contributed by atoms with Gasteiger partial charge in [-0.3, -0.25) is 0 Å². The highest BCUT2D eigenvalue weighted by Gasteiger charge is 2.51. The number of aliphatic hydroxyl groups excluding tert-OH is 1. The molecule has 6 atom stereocenters. The number of hydrogen-bond acceptors (Lipinski definition) is 3. The van der Waals surface area contributed by atoms with Gasteiger partial charge in [-0.15, -0.1) is 0 Å². The second kappa shape index (κ2) is 11.9. The van der Waals surface area contributed by atoms with Crippen LogP contribution in [0.15, 0.2) is 35.5 Å². The van der Waals surface area contributed by atoms with Crippen LogP contribution in [-0.2, 0) is 4.74 Å². The van der Waals surface area contributed by atoms with Gasteiger partial charge in [0.05, 0.1) is 17.8 Å². The van der Waals surface area contributed by atoms with E-state index in [-0.39, 0.29) is 12.2 Å². The summed E-state index contributed by atoms with van der Waals surface area (Å²) in [5.41, 5.74) is 3.59. The molecule has 3 aliphatic carbocycles. The predicted octanol–water partition coefficient (Wildman–Crippen LogP) is 7.53. The van der Waals surface area contributed by atoms with Gasteiger partial charge < -0.3 is 14.9 Å². The molecule has 3 fully saturated rings. The smallest absolute Gasteiger partial charge is 0.0815 e. The summed E-state index contributed by atoms with van der Waals surface area (Å²) < 4.78 is 6.38. The Morgan fingerprint density at radius 3 is 2.56 bits per heavy atom. The Kier molecular flexibility index (Phi) is 9.68. The molecule has 3 saturated carbocycles. The maximum absolute atomic E-state index is 10.6. The molecule has 0 heterocycles. The van der Waals surface area contributed by atoms with E-state index in [1.165, 1.54) is 37.7 Å². The molecular formula is C31H52O3. The third kappa shape index (κ3) is 5.90. The Labute approximate surface area is 209 Å². The van der Waals surface area contributed by atoms with Gasteiger partial charge in [0.2, 0.25) is 0 Å². The van der Waals surface area contributed by atoms with Crippen molar-refractivity contribution in [2.45, 2.75) is 129 Å². The second-order valence-corrected chi connectivity index (χ2v) is 11.8. The summed E-state index contributed by atoms with van der Waals surface area (Å²) in [6.07, 6.45) is 17.4. The van der Waals surface area contributed by atoms with E-state index in [0.29, 0.717) is 23.2 Å². The number of fused-ring (bicyclic) bond motifs is 1. The van der Waals surface area contributed by atoms with E-state index < -0.39 is 5.60 Å². The molecule has 0 aromatic rings. The second-order valence-electron chi connectivity index (χ2n) is 11.8. The topological polar surface area (TPSA) is 49.7 Å². The van der Waals surface area contributed by atoms with E-state index in [1.54, 1.807) is 5.57 Å². The van der Waals surface area contributed by atoms with E-state index in [1.807, 2.05) is 0 Å². The number of allylic oxidation sites excluding steroid dienone is 3. The van der Waals surface area contributed by atoms with Crippen molar-refractivity contribution in [2.75, 3.05) is 6.61 Å². The van der Waals surface area contributed by atoms with E-state index in [4.69, 9.17) is 4.74 Å². The summed E-state index contributed by atoms with van der Waals surface area (Å²) in [5.74, 6) is 1.61. The van der Waals surface area contributed by atoms with E-state index >= 15 is 0 Å². The molecule has 34 heavy (non-hydrogen) atoms. The van der Waals surface area contributed by atoms with Gasteiger partial charge in [0, 0.05) is 6.61 Å². The van der Waals surface area contributed by atoms with Gasteiger partial charge in [-0.05, 0) is 112 Å². The molecular weight excluding hydrogens is 420 g/mol. The fourth-order valence-corrected chi connectivity index (χ4v) is 7.40. The number of rotatable bonds is 10. The van der Waals surface area contributed by atoms with Crippen molar-refractivity contribution < 1.29 is 14.9 Å². The summed E-state index contributed by atoms with van der Waals surface area (Å²) in [4.78, 5) is 0. The maximum Gasteiger partial charge on any atom is 0.0815 e. The molecule has 0 saturated heterocycles. The van der Waals surface area contributed by atoms with Gasteiger partial charge in [-0.1, -0.05) is 58.4 Å². The van der Waals surface area contributed by atoms with Gasteiger partial charge in [0.1, 0.15) is 0 Å². The Balaban J connectivity index is 1.61. The van der Waals surface area contributed by atoms with Crippen molar-refractivity contribution in [2.24, 2.45) is 23.2 Å². The van der Waals surface area contributed by atoms with Crippen molar-refractivity contribution in [1.82, 2.24) is 0 Å². The summed E-state index contributed by atoms with van der Waals surface area (Å²) >= 11 is 0. The third-order valence-corrected chi connectivity index (χ3v) is 10.1. The maximum atomic E-state index is 10.6. The van der Waals surface area contributed by atoms with Crippen molar-refractivity contribution in [3.8, 4) is 0 Å². The lowest BCUT2D eigenvalue weighted by molar-refractivity contribution is -0.0365. The normalized spacial score (nSPS) is 35.7. The minimum absolute atomic E-state index is 0.267. The number of hydrogen-bond donors (Lipinski definition) is 2. The lowest BCUT2D eigenvalue weighted by Crippen LogP contribution is -2.39. The lowest BCUT2D eigenvalue weighted by Gasteiger charge is -2.44. The highest BCUT2D eigenvalue weighted by molar-refractivity contribution is 5.38. The van der Waals surface area contributed by atoms with Gasteiger partial charge in [-0.2, -0.15) is 0 Å². The molecule has 3 nitrogen and oxygen atoms in total. The van der Waals surface area contributed by atoms with Crippen molar-refractivity contribution in [1.29, 1.82) is 0 Å². The Morgan fingerprint density at radius 2 is 1.88 bits per heavy atom. The van der Waals surface area contributed by atoms with Crippen LogP contribution < -0.4 is 0 Å².